The van der Waals surface area contributed by atoms with Gasteiger partial charge in [0.05, 0.1) is 0 Å². The summed E-state index contributed by atoms with van der Waals surface area (Å²) >= 11 is 6.06. The number of nitrogens with zero attached hydrogens (tertiary/aromatic N) is 3. The summed E-state index contributed by atoms with van der Waals surface area (Å²) in [7, 11) is 0. The maximum atomic E-state index is 9.20. The maximum Gasteiger partial charge on any atom is 0.159 e. The van der Waals surface area contributed by atoms with Gasteiger partial charge in [0.2, 0.25) is 0 Å². The van der Waals surface area contributed by atoms with Gasteiger partial charge in [-0.2, -0.15) is 0 Å². The number of benzene rings is 1. The van der Waals surface area contributed by atoms with E-state index in [4.69, 9.17) is 11.6 Å². The molecule has 1 aliphatic heterocycles. The highest BCUT2D eigenvalue weighted by molar-refractivity contribution is 6.34. The summed E-state index contributed by atoms with van der Waals surface area (Å²) in [6.07, 6.45) is 0.995. The zero-order valence-electron chi connectivity index (χ0n) is 9.88. The van der Waals surface area contributed by atoms with Crippen molar-refractivity contribution in [3.63, 3.8) is 0 Å². The van der Waals surface area contributed by atoms with Gasteiger partial charge in [-0.25, -0.2) is 0 Å². The highest BCUT2D eigenvalue weighted by Gasteiger charge is 2.24. The Kier molecular flexibility index (Phi) is 3.06. The van der Waals surface area contributed by atoms with Crippen LogP contribution in [0, 0.1) is 5.92 Å². The molecule has 1 atom stereocenters. The third-order valence-corrected chi connectivity index (χ3v) is 3.75. The average Bonchev–Trinajstić information content (AvgIpc) is 2.88. The van der Waals surface area contributed by atoms with Crippen LogP contribution in [0.3, 0.4) is 0 Å². The Morgan fingerprint density at radius 1 is 1.28 bits per heavy atom. The van der Waals surface area contributed by atoms with Crippen LogP contribution in [0.1, 0.15) is 6.42 Å². The van der Waals surface area contributed by atoms with Crippen molar-refractivity contribution in [1.82, 2.24) is 10.2 Å². The summed E-state index contributed by atoms with van der Waals surface area (Å²) in [5.74, 6) is 1.20. The van der Waals surface area contributed by atoms with E-state index in [1.54, 1.807) is 0 Å². The topological polar surface area (TPSA) is 49.2 Å². The van der Waals surface area contributed by atoms with Crippen molar-refractivity contribution >= 4 is 28.2 Å². The van der Waals surface area contributed by atoms with Gasteiger partial charge in [0, 0.05) is 36.4 Å². The summed E-state index contributed by atoms with van der Waals surface area (Å²) in [6.45, 7) is 1.97. The van der Waals surface area contributed by atoms with Gasteiger partial charge < -0.3 is 10.0 Å². The van der Waals surface area contributed by atoms with E-state index in [0.717, 1.165) is 36.1 Å². The van der Waals surface area contributed by atoms with Crippen molar-refractivity contribution in [2.24, 2.45) is 5.92 Å². The van der Waals surface area contributed by atoms with Gasteiger partial charge in [-0.15, -0.1) is 10.2 Å². The van der Waals surface area contributed by atoms with Gasteiger partial charge >= 0.3 is 0 Å². The number of hydrogen-bond acceptors (Lipinski definition) is 4. The zero-order chi connectivity index (χ0) is 12.5. The molecule has 0 aliphatic carbocycles. The number of hydrogen-bond donors (Lipinski definition) is 1. The van der Waals surface area contributed by atoms with Crippen LogP contribution >= 0.6 is 11.6 Å². The van der Waals surface area contributed by atoms with E-state index in [2.05, 4.69) is 15.1 Å². The summed E-state index contributed by atoms with van der Waals surface area (Å²) in [6, 6.07) is 7.89. The second kappa shape index (κ2) is 4.71. The Labute approximate surface area is 110 Å². The van der Waals surface area contributed by atoms with Gasteiger partial charge in [-0.3, -0.25) is 0 Å². The number of aliphatic hydroxyl groups excluding tert-OH is 1. The molecule has 0 radical (unpaired) electrons. The molecule has 0 saturated carbocycles. The van der Waals surface area contributed by atoms with Crippen molar-refractivity contribution in [1.29, 1.82) is 0 Å². The van der Waals surface area contributed by atoms with Crippen LogP contribution < -0.4 is 4.90 Å². The molecule has 2 aromatic rings. The fraction of sp³-hybridized carbons (Fsp3) is 0.385. The molecule has 1 aromatic carbocycles. The number of fused-ring (bicyclic) bond motifs is 1. The standard InChI is InChI=1S/C13H14ClN3O/c14-12-10-3-1-2-4-11(10)13(16-15-12)17-6-5-9(7-17)8-18/h1-4,9,18H,5-8H2. The fourth-order valence-corrected chi connectivity index (χ4v) is 2.67. The molecule has 94 valence electrons. The van der Waals surface area contributed by atoms with Crippen LogP contribution in [0.25, 0.3) is 10.8 Å². The Morgan fingerprint density at radius 2 is 2.06 bits per heavy atom. The predicted molar refractivity (Wildman–Crippen MR) is 72.0 cm³/mol. The Bertz CT molecular complexity index is 575. The minimum absolute atomic E-state index is 0.232. The quantitative estimate of drug-likeness (QED) is 0.902. The van der Waals surface area contributed by atoms with Crippen molar-refractivity contribution < 1.29 is 5.11 Å². The van der Waals surface area contributed by atoms with E-state index in [1.807, 2.05) is 24.3 Å². The van der Waals surface area contributed by atoms with Crippen LogP contribution in [0.2, 0.25) is 5.15 Å². The summed E-state index contributed by atoms with van der Waals surface area (Å²) in [5, 5.41) is 19.8. The molecule has 3 rings (SSSR count). The summed E-state index contributed by atoms with van der Waals surface area (Å²) < 4.78 is 0. The minimum atomic E-state index is 0.232. The molecule has 2 heterocycles. The Morgan fingerprint density at radius 3 is 2.78 bits per heavy atom. The SMILES string of the molecule is OCC1CCN(c2nnc(Cl)c3ccccc23)C1. The third kappa shape index (κ3) is 1.91. The van der Waals surface area contributed by atoms with Crippen LogP contribution in [0.5, 0.6) is 0 Å². The molecule has 0 amide bonds. The third-order valence-electron chi connectivity index (χ3n) is 3.47. The fourth-order valence-electron chi connectivity index (χ4n) is 2.46. The molecule has 4 nitrogen and oxygen atoms in total. The molecule has 5 heteroatoms. The lowest BCUT2D eigenvalue weighted by atomic mass is 10.1. The lowest BCUT2D eigenvalue weighted by molar-refractivity contribution is 0.238. The maximum absolute atomic E-state index is 9.20. The van der Waals surface area contributed by atoms with Crippen LogP contribution in [-0.4, -0.2) is 35.0 Å². The highest BCUT2D eigenvalue weighted by atomic mass is 35.5. The number of halogens is 1. The molecular weight excluding hydrogens is 250 g/mol. The van der Waals surface area contributed by atoms with Crippen molar-refractivity contribution in [2.45, 2.75) is 6.42 Å². The smallest absolute Gasteiger partial charge is 0.159 e. The first-order valence-electron chi connectivity index (χ1n) is 6.06. The molecule has 1 aromatic heterocycles. The first-order chi connectivity index (χ1) is 8.79. The van der Waals surface area contributed by atoms with Gasteiger partial charge in [0.25, 0.3) is 0 Å². The van der Waals surface area contributed by atoms with E-state index < -0.39 is 0 Å². The molecule has 18 heavy (non-hydrogen) atoms. The molecule has 0 spiro atoms. The molecule has 1 saturated heterocycles. The molecule has 0 bridgehead atoms. The molecular formula is C13H14ClN3O. The van der Waals surface area contributed by atoms with E-state index in [9.17, 15) is 5.11 Å². The minimum Gasteiger partial charge on any atom is -0.396 e. The average molecular weight is 264 g/mol. The molecule has 1 unspecified atom stereocenters. The van der Waals surface area contributed by atoms with E-state index in [1.165, 1.54) is 0 Å². The van der Waals surface area contributed by atoms with Crippen molar-refractivity contribution in [3.8, 4) is 0 Å². The van der Waals surface area contributed by atoms with Gasteiger partial charge in [-0.1, -0.05) is 35.9 Å². The second-order valence-corrected chi connectivity index (χ2v) is 5.00. The predicted octanol–water partition coefficient (Wildman–Crippen LogP) is 2.10. The number of anilines is 1. The van der Waals surface area contributed by atoms with E-state index in [-0.39, 0.29) is 6.61 Å². The summed E-state index contributed by atoms with van der Waals surface area (Å²) in [4.78, 5) is 2.17. The van der Waals surface area contributed by atoms with E-state index in [0.29, 0.717) is 11.1 Å². The number of aliphatic hydroxyl groups is 1. The molecule has 1 N–H and O–H groups in total. The Hall–Kier alpha value is -1.39. The highest BCUT2D eigenvalue weighted by Crippen LogP contribution is 2.30. The van der Waals surface area contributed by atoms with Gasteiger partial charge in [0.1, 0.15) is 0 Å². The first-order valence-corrected chi connectivity index (χ1v) is 6.44. The van der Waals surface area contributed by atoms with Crippen LogP contribution in [0.4, 0.5) is 5.82 Å². The number of rotatable bonds is 2. The largest absolute Gasteiger partial charge is 0.396 e. The number of aromatic nitrogens is 2. The normalized spacial score (nSPS) is 19.7. The zero-order valence-corrected chi connectivity index (χ0v) is 10.6. The monoisotopic (exact) mass is 263 g/mol. The lowest BCUT2D eigenvalue weighted by Crippen LogP contribution is -2.22. The molecule has 1 aliphatic rings. The van der Waals surface area contributed by atoms with Crippen molar-refractivity contribution in [2.75, 3.05) is 24.6 Å². The molecule has 1 fully saturated rings. The van der Waals surface area contributed by atoms with Crippen LogP contribution in [0.15, 0.2) is 24.3 Å². The van der Waals surface area contributed by atoms with Gasteiger partial charge in [0.15, 0.2) is 11.0 Å². The van der Waals surface area contributed by atoms with Gasteiger partial charge in [-0.05, 0) is 6.42 Å². The Balaban J connectivity index is 2.05. The summed E-state index contributed by atoms with van der Waals surface area (Å²) in [5.41, 5.74) is 0. The first kappa shape index (κ1) is 11.7. The second-order valence-electron chi connectivity index (χ2n) is 4.64. The van der Waals surface area contributed by atoms with E-state index >= 15 is 0 Å². The lowest BCUT2D eigenvalue weighted by Gasteiger charge is -2.18. The van der Waals surface area contributed by atoms with Crippen LogP contribution in [-0.2, 0) is 0 Å². The van der Waals surface area contributed by atoms with Crippen molar-refractivity contribution in [3.05, 3.63) is 29.4 Å².